The first-order valence-corrected chi connectivity index (χ1v) is 11.3. The van der Waals surface area contributed by atoms with Crippen LogP contribution in [0.2, 0.25) is 0 Å². The molecule has 7 nitrogen and oxygen atoms in total. The van der Waals surface area contributed by atoms with Crippen LogP contribution in [0, 0.1) is 6.92 Å². The van der Waals surface area contributed by atoms with Crippen molar-refractivity contribution < 1.29 is 15.0 Å². The summed E-state index contributed by atoms with van der Waals surface area (Å²) in [5, 5.41) is 20.7. The molecule has 0 aliphatic carbocycles. The van der Waals surface area contributed by atoms with Crippen LogP contribution in [0.15, 0.2) is 36.4 Å². The minimum atomic E-state index is -0.974. The molecule has 174 valence electrons. The molecule has 1 aromatic carbocycles. The Kier molecular flexibility index (Phi) is 9.81. The summed E-state index contributed by atoms with van der Waals surface area (Å²) in [4.78, 5) is 25.5. The predicted octanol–water partition coefficient (Wildman–Crippen LogP) is 3.34. The number of hydrogen-bond donors (Lipinski definition) is 2. The number of carbonyl (C=O) groups is 1. The number of anilines is 1. The van der Waals surface area contributed by atoms with E-state index >= 15 is 0 Å². The molecule has 2 rings (SSSR count). The highest BCUT2D eigenvalue weighted by Gasteiger charge is 2.20. The third-order valence-electron chi connectivity index (χ3n) is 5.39. The number of fused-ring (bicyclic) bond motifs is 1. The van der Waals surface area contributed by atoms with Crippen LogP contribution in [-0.4, -0.2) is 70.4 Å². The Morgan fingerprint density at radius 1 is 1.19 bits per heavy atom. The third-order valence-corrected chi connectivity index (χ3v) is 5.39. The van der Waals surface area contributed by atoms with E-state index in [1.807, 2.05) is 50.3 Å². The molecule has 0 aliphatic heterocycles. The van der Waals surface area contributed by atoms with E-state index in [9.17, 15) is 15.0 Å². The summed E-state index contributed by atoms with van der Waals surface area (Å²) in [7, 11) is 1.70. The topological polar surface area (TPSA) is 89.8 Å². The van der Waals surface area contributed by atoms with Gasteiger partial charge in [0.15, 0.2) is 5.82 Å². The fourth-order valence-electron chi connectivity index (χ4n) is 3.35. The zero-order valence-corrected chi connectivity index (χ0v) is 19.9. The molecule has 0 saturated carbocycles. The van der Waals surface area contributed by atoms with Crippen LogP contribution in [0.4, 0.5) is 5.82 Å². The Morgan fingerprint density at radius 3 is 2.56 bits per heavy atom. The van der Waals surface area contributed by atoms with Crippen LogP contribution >= 0.6 is 0 Å². The summed E-state index contributed by atoms with van der Waals surface area (Å²) in [6, 6.07) is 6.06. The standard InChI is InChI=1S/C25H36N4O3/c1-6-9-10-11-19(17-30)23-26-21-16-18(4)12-13-20(21)24(27-23)29(8-3)15-14-28(5)25(32)22(31)7-2/h9-13,16,22,30-31H,6-8,14-15,17H2,1-5H3/b10-9-,19-11+. The second-order valence-corrected chi connectivity index (χ2v) is 7.84. The Labute approximate surface area is 191 Å². The zero-order chi connectivity index (χ0) is 23.7. The minimum absolute atomic E-state index is 0.164. The number of aliphatic hydroxyl groups is 2. The van der Waals surface area contributed by atoms with Crippen molar-refractivity contribution in [3.8, 4) is 0 Å². The van der Waals surface area contributed by atoms with Crippen molar-refractivity contribution in [3.63, 3.8) is 0 Å². The molecular formula is C25H36N4O3. The van der Waals surface area contributed by atoms with Crippen molar-refractivity contribution in [3.05, 3.63) is 47.8 Å². The van der Waals surface area contributed by atoms with E-state index in [-0.39, 0.29) is 12.5 Å². The number of hydrogen-bond acceptors (Lipinski definition) is 6. The molecule has 1 aromatic heterocycles. The van der Waals surface area contributed by atoms with Gasteiger partial charge in [-0.2, -0.15) is 0 Å². The summed E-state index contributed by atoms with van der Waals surface area (Å²) in [6.07, 6.45) is 6.09. The van der Waals surface area contributed by atoms with Crippen molar-refractivity contribution >= 4 is 28.2 Å². The van der Waals surface area contributed by atoms with Gasteiger partial charge in [-0.25, -0.2) is 9.97 Å². The predicted molar refractivity (Wildman–Crippen MR) is 131 cm³/mol. The van der Waals surface area contributed by atoms with Crippen LogP contribution in [0.3, 0.4) is 0 Å². The summed E-state index contributed by atoms with van der Waals surface area (Å²) in [6.45, 7) is 9.43. The monoisotopic (exact) mass is 440 g/mol. The number of aryl methyl sites for hydroxylation is 1. The molecular weight excluding hydrogens is 404 g/mol. The first kappa shape index (κ1) is 25.5. The Balaban J connectivity index is 2.46. The number of benzene rings is 1. The van der Waals surface area contributed by atoms with E-state index in [1.165, 1.54) is 0 Å². The maximum absolute atomic E-state index is 12.3. The van der Waals surface area contributed by atoms with Crippen molar-refractivity contribution in [2.24, 2.45) is 0 Å². The number of likely N-dealkylation sites (N-methyl/N-ethyl adjacent to an activating group) is 2. The lowest BCUT2D eigenvalue weighted by Gasteiger charge is -2.27. The fourth-order valence-corrected chi connectivity index (χ4v) is 3.35. The molecule has 7 heteroatoms. The lowest BCUT2D eigenvalue weighted by molar-refractivity contribution is -0.138. The van der Waals surface area contributed by atoms with Crippen LogP contribution in [0.25, 0.3) is 16.5 Å². The zero-order valence-electron chi connectivity index (χ0n) is 19.9. The molecule has 0 bridgehead atoms. The summed E-state index contributed by atoms with van der Waals surface area (Å²) in [5.41, 5.74) is 2.55. The highest BCUT2D eigenvalue weighted by Crippen LogP contribution is 2.27. The average molecular weight is 441 g/mol. The van der Waals surface area contributed by atoms with Crippen LogP contribution in [0.5, 0.6) is 0 Å². The molecule has 1 amide bonds. The molecule has 0 spiro atoms. The third kappa shape index (κ3) is 6.37. The van der Waals surface area contributed by atoms with Crippen LogP contribution in [0.1, 0.15) is 45.0 Å². The second kappa shape index (κ2) is 12.3. The van der Waals surface area contributed by atoms with Gasteiger partial charge in [-0.1, -0.05) is 38.1 Å². The molecule has 1 atom stereocenters. The van der Waals surface area contributed by atoms with Crippen LogP contribution in [-0.2, 0) is 4.79 Å². The molecule has 2 aromatic rings. The van der Waals surface area contributed by atoms with Crippen molar-refractivity contribution in [1.82, 2.24) is 14.9 Å². The smallest absolute Gasteiger partial charge is 0.251 e. The minimum Gasteiger partial charge on any atom is -0.392 e. The van der Waals surface area contributed by atoms with E-state index in [0.717, 1.165) is 28.7 Å². The molecule has 1 heterocycles. The van der Waals surface area contributed by atoms with E-state index < -0.39 is 6.10 Å². The van der Waals surface area contributed by atoms with E-state index in [1.54, 1.807) is 18.9 Å². The number of amides is 1. The molecule has 0 radical (unpaired) electrons. The Morgan fingerprint density at radius 2 is 1.94 bits per heavy atom. The summed E-state index contributed by atoms with van der Waals surface area (Å²) < 4.78 is 0. The largest absolute Gasteiger partial charge is 0.392 e. The van der Waals surface area contributed by atoms with Gasteiger partial charge in [0.1, 0.15) is 11.9 Å². The van der Waals surface area contributed by atoms with Gasteiger partial charge in [0.05, 0.1) is 12.1 Å². The molecule has 0 fully saturated rings. The van der Waals surface area contributed by atoms with Gasteiger partial charge in [0.2, 0.25) is 0 Å². The number of allylic oxidation sites excluding steroid dienone is 3. The lowest BCUT2D eigenvalue weighted by atomic mass is 10.1. The Bertz CT molecular complexity index is 971. The number of rotatable bonds is 11. The summed E-state index contributed by atoms with van der Waals surface area (Å²) in [5.74, 6) is 0.981. The molecule has 32 heavy (non-hydrogen) atoms. The van der Waals surface area contributed by atoms with Gasteiger partial charge in [-0.05, 0) is 44.4 Å². The highest BCUT2D eigenvalue weighted by molar-refractivity contribution is 5.91. The van der Waals surface area contributed by atoms with Gasteiger partial charge >= 0.3 is 0 Å². The number of aromatic nitrogens is 2. The van der Waals surface area contributed by atoms with Crippen molar-refractivity contribution in [2.75, 3.05) is 38.2 Å². The molecule has 1 unspecified atom stereocenters. The number of aliphatic hydroxyl groups excluding tert-OH is 2. The van der Waals surface area contributed by atoms with Gasteiger partial charge < -0.3 is 20.0 Å². The number of carbonyl (C=O) groups excluding carboxylic acids is 1. The summed E-state index contributed by atoms with van der Waals surface area (Å²) >= 11 is 0. The Hall–Kier alpha value is -2.77. The number of nitrogens with zero attached hydrogens (tertiary/aromatic N) is 4. The van der Waals surface area contributed by atoms with Gasteiger partial charge in [0.25, 0.3) is 5.91 Å². The fraction of sp³-hybridized carbons (Fsp3) is 0.480. The van der Waals surface area contributed by atoms with E-state index in [0.29, 0.717) is 37.5 Å². The maximum Gasteiger partial charge on any atom is 0.251 e. The first-order chi connectivity index (χ1) is 15.4. The molecule has 0 aliphatic rings. The van der Waals surface area contributed by atoms with Gasteiger partial charge in [0, 0.05) is 37.6 Å². The normalized spacial score (nSPS) is 13.0. The SMILES string of the molecule is CC/C=C\C=C(/CO)c1nc(N(CC)CCN(C)C(=O)C(O)CC)c2ccc(C)cc2n1. The van der Waals surface area contributed by atoms with Gasteiger partial charge in [-0.15, -0.1) is 0 Å². The average Bonchev–Trinajstić information content (AvgIpc) is 2.80. The first-order valence-electron chi connectivity index (χ1n) is 11.3. The molecule has 0 saturated heterocycles. The van der Waals surface area contributed by atoms with Crippen molar-refractivity contribution in [2.45, 2.75) is 46.6 Å². The van der Waals surface area contributed by atoms with E-state index in [4.69, 9.17) is 9.97 Å². The van der Waals surface area contributed by atoms with E-state index in [2.05, 4.69) is 11.8 Å². The van der Waals surface area contributed by atoms with Crippen molar-refractivity contribution in [1.29, 1.82) is 0 Å². The highest BCUT2D eigenvalue weighted by atomic mass is 16.3. The maximum atomic E-state index is 12.3. The quantitative estimate of drug-likeness (QED) is 0.521. The van der Waals surface area contributed by atoms with Gasteiger partial charge in [-0.3, -0.25) is 4.79 Å². The second-order valence-electron chi connectivity index (χ2n) is 7.84. The van der Waals surface area contributed by atoms with Crippen LogP contribution < -0.4 is 4.90 Å². The lowest BCUT2D eigenvalue weighted by Crippen LogP contribution is -2.41. The molecule has 2 N–H and O–H groups in total.